The molecule has 2 rings (SSSR count). The van der Waals surface area contributed by atoms with E-state index in [1.54, 1.807) is 13.0 Å². The topological polar surface area (TPSA) is 71.8 Å². The molecule has 1 unspecified atom stereocenters. The van der Waals surface area contributed by atoms with Gasteiger partial charge in [-0.2, -0.15) is 5.26 Å². The van der Waals surface area contributed by atoms with Crippen molar-refractivity contribution in [2.45, 2.75) is 19.6 Å². The Labute approximate surface area is 114 Å². The van der Waals surface area contributed by atoms with E-state index in [9.17, 15) is 0 Å². The summed E-state index contributed by atoms with van der Waals surface area (Å²) in [5.41, 5.74) is 2.48. The van der Waals surface area contributed by atoms with Crippen LogP contribution in [0.3, 0.4) is 0 Å². The summed E-state index contributed by atoms with van der Waals surface area (Å²) in [5, 5.41) is 22.4. The predicted octanol–water partition coefficient (Wildman–Crippen LogP) is 2.27. The van der Waals surface area contributed by atoms with Crippen molar-refractivity contribution in [2.75, 3.05) is 6.54 Å². The van der Waals surface area contributed by atoms with Crippen LogP contribution in [0, 0.1) is 11.3 Å². The van der Waals surface area contributed by atoms with Gasteiger partial charge in [-0.25, -0.2) is 0 Å². The standard InChI is InChI=1S/C13H14BrN3O/c1-8(18)6-16-7-12-4-9-2-11(14)3-10(5-15)13(9)17-12/h2-4,8,16-18H,6-7H2,1H3. The lowest BCUT2D eigenvalue weighted by Gasteiger charge is -2.04. The van der Waals surface area contributed by atoms with Crippen LogP contribution in [0.4, 0.5) is 0 Å². The number of rotatable bonds is 4. The molecule has 0 bridgehead atoms. The molecule has 0 aliphatic carbocycles. The molecule has 3 N–H and O–H groups in total. The summed E-state index contributed by atoms with van der Waals surface area (Å²) < 4.78 is 0.897. The van der Waals surface area contributed by atoms with Gasteiger partial charge in [0, 0.05) is 28.6 Å². The highest BCUT2D eigenvalue weighted by Crippen LogP contribution is 2.24. The largest absolute Gasteiger partial charge is 0.392 e. The molecule has 0 saturated carbocycles. The van der Waals surface area contributed by atoms with Crippen LogP contribution in [-0.2, 0) is 6.54 Å². The number of aliphatic hydroxyl groups is 1. The number of aromatic amines is 1. The van der Waals surface area contributed by atoms with Crippen LogP contribution in [0.2, 0.25) is 0 Å². The molecule has 0 saturated heterocycles. The number of nitriles is 1. The molecule has 0 spiro atoms. The SMILES string of the molecule is CC(O)CNCc1cc2cc(Br)cc(C#N)c2[nH]1. The summed E-state index contributed by atoms with van der Waals surface area (Å²) in [7, 11) is 0. The Hall–Kier alpha value is -1.35. The summed E-state index contributed by atoms with van der Waals surface area (Å²) in [6.07, 6.45) is -0.363. The van der Waals surface area contributed by atoms with Gasteiger partial charge in [-0.1, -0.05) is 15.9 Å². The Morgan fingerprint density at radius 2 is 2.28 bits per heavy atom. The van der Waals surface area contributed by atoms with Gasteiger partial charge in [-0.15, -0.1) is 0 Å². The van der Waals surface area contributed by atoms with Gasteiger partial charge in [0.2, 0.25) is 0 Å². The number of hydrogen-bond donors (Lipinski definition) is 3. The van der Waals surface area contributed by atoms with Gasteiger partial charge in [-0.3, -0.25) is 0 Å². The lowest BCUT2D eigenvalue weighted by Crippen LogP contribution is -2.23. The van der Waals surface area contributed by atoms with Crippen LogP contribution in [0.5, 0.6) is 0 Å². The molecule has 1 aromatic carbocycles. The molecule has 5 heteroatoms. The second kappa shape index (κ2) is 5.53. The number of H-pyrrole nitrogens is 1. The Morgan fingerprint density at radius 3 is 2.94 bits per heavy atom. The second-order valence-electron chi connectivity index (χ2n) is 4.30. The third-order valence-corrected chi connectivity index (χ3v) is 3.08. The highest BCUT2D eigenvalue weighted by molar-refractivity contribution is 9.10. The summed E-state index contributed by atoms with van der Waals surface area (Å²) in [6, 6.07) is 7.96. The van der Waals surface area contributed by atoms with E-state index in [2.05, 4.69) is 32.3 Å². The van der Waals surface area contributed by atoms with Crippen LogP contribution >= 0.6 is 15.9 Å². The van der Waals surface area contributed by atoms with Crippen molar-refractivity contribution in [1.82, 2.24) is 10.3 Å². The van der Waals surface area contributed by atoms with Crippen molar-refractivity contribution in [1.29, 1.82) is 5.26 Å². The van der Waals surface area contributed by atoms with Crippen LogP contribution in [0.25, 0.3) is 10.9 Å². The average molecular weight is 308 g/mol. The molecule has 0 amide bonds. The maximum atomic E-state index is 9.17. The normalized spacial score (nSPS) is 12.6. The van der Waals surface area contributed by atoms with Crippen molar-refractivity contribution < 1.29 is 5.11 Å². The van der Waals surface area contributed by atoms with Crippen molar-refractivity contribution in [3.63, 3.8) is 0 Å². The Bertz CT molecular complexity index is 598. The second-order valence-corrected chi connectivity index (χ2v) is 5.22. The fourth-order valence-electron chi connectivity index (χ4n) is 1.86. The smallest absolute Gasteiger partial charge is 0.101 e. The van der Waals surface area contributed by atoms with Gasteiger partial charge in [0.25, 0.3) is 0 Å². The average Bonchev–Trinajstić information content (AvgIpc) is 2.69. The molecule has 0 fully saturated rings. The highest BCUT2D eigenvalue weighted by Gasteiger charge is 2.07. The lowest BCUT2D eigenvalue weighted by molar-refractivity contribution is 0.191. The molecule has 0 aliphatic rings. The first-order valence-electron chi connectivity index (χ1n) is 5.70. The molecule has 94 valence electrons. The number of hydrogen-bond acceptors (Lipinski definition) is 3. The Morgan fingerprint density at radius 1 is 1.50 bits per heavy atom. The monoisotopic (exact) mass is 307 g/mol. The zero-order valence-corrected chi connectivity index (χ0v) is 11.6. The fraction of sp³-hybridized carbons (Fsp3) is 0.308. The minimum absolute atomic E-state index is 0.363. The molecule has 18 heavy (non-hydrogen) atoms. The number of nitrogens with zero attached hydrogens (tertiary/aromatic N) is 1. The summed E-state index contributed by atoms with van der Waals surface area (Å²) in [5.74, 6) is 0. The first-order valence-corrected chi connectivity index (χ1v) is 6.49. The Kier molecular flexibility index (Phi) is 4.02. The van der Waals surface area contributed by atoms with Crippen LogP contribution < -0.4 is 5.32 Å². The van der Waals surface area contributed by atoms with Crippen molar-refractivity contribution in [2.24, 2.45) is 0 Å². The van der Waals surface area contributed by atoms with E-state index >= 15 is 0 Å². The van der Waals surface area contributed by atoms with Gasteiger partial charge >= 0.3 is 0 Å². The number of fused-ring (bicyclic) bond motifs is 1. The zero-order valence-electron chi connectivity index (χ0n) is 10.00. The minimum atomic E-state index is -0.363. The maximum absolute atomic E-state index is 9.17. The summed E-state index contributed by atoms with van der Waals surface area (Å²) in [4.78, 5) is 3.23. The van der Waals surface area contributed by atoms with Gasteiger partial charge in [0.05, 0.1) is 17.2 Å². The van der Waals surface area contributed by atoms with Gasteiger partial charge in [-0.05, 0) is 25.1 Å². The number of aromatic nitrogens is 1. The van der Waals surface area contributed by atoms with E-state index < -0.39 is 0 Å². The minimum Gasteiger partial charge on any atom is -0.392 e. The quantitative estimate of drug-likeness (QED) is 0.811. The lowest BCUT2D eigenvalue weighted by atomic mass is 10.1. The number of aliphatic hydroxyl groups excluding tert-OH is 1. The highest BCUT2D eigenvalue weighted by atomic mass is 79.9. The summed E-state index contributed by atoms with van der Waals surface area (Å²) in [6.45, 7) is 2.93. The van der Waals surface area contributed by atoms with Gasteiger partial charge in [0.1, 0.15) is 6.07 Å². The molecule has 1 aromatic heterocycles. The van der Waals surface area contributed by atoms with Crippen LogP contribution in [0.15, 0.2) is 22.7 Å². The molecule has 0 radical (unpaired) electrons. The number of nitrogens with one attached hydrogen (secondary N) is 2. The third-order valence-electron chi connectivity index (χ3n) is 2.62. The van der Waals surface area contributed by atoms with Crippen molar-refractivity contribution >= 4 is 26.8 Å². The molecule has 4 nitrogen and oxygen atoms in total. The van der Waals surface area contributed by atoms with E-state index in [4.69, 9.17) is 10.4 Å². The van der Waals surface area contributed by atoms with E-state index in [-0.39, 0.29) is 6.10 Å². The van der Waals surface area contributed by atoms with Crippen LogP contribution in [0.1, 0.15) is 18.2 Å². The van der Waals surface area contributed by atoms with E-state index in [0.717, 1.165) is 21.1 Å². The molecule has 1 atom stereocenters. The van der Waals surface area contributed by atoms with Crippen molar-refractivity contribution in [3.8, 4) is 6.07 Å². The first kappa shape index (κ1) is 13.1. The predicted molar refractivity (Wildman–Crippen MR) is 74.1 cm³/mol. The molecule has 1 heterocycles. The van der Waals surface area contributed by atoms with Crippen LogP contribution in [-0.4, -0.2) is 22.7 Å². The molecule has 0 aliphatic heterocycles. The van der Waals surface area contributed by atoms with E-state index in [1.165, 1.54) is 0 Å². The number of benzene rings is 1. The van der Waals surface area contributed by atoms with E-state index in [0.29, 0.717) is 18.7 Å². The first-order chi connectivity index (χ1) is 8.60. The molecular formula is C13H14BrN3O. The third kappa shape index (κ3) is 2.91. The molecule has 2 aromatic rings. The number of halogens is 1. The van der Waals surface area contributed by atoms with E-state index in [1.807, 2.05) is 12.1 Å². The van der Waals surface area contributed by atoms with Gasteiger partial charge < -0.3 is 15.4 Å². The van der Waals surface area contributed by atoms with Crippen molar-refractivity contribution in [3.05, 3.63) is 33.9 Å². The Balaban J connectivity index is 2.25. The zero-order chi connectivity index (χ0) is 13.1. The summed E-state index contributed by atoms with van der Waals surface area (Å²) >= 11 is 3.39. The maximum Gasteiger partial charge on any atom is 0.101 e. The molecular weight excluding hydrogens is 294 g/mol. The fourth-order valence-corrected chi connectivity index (χ4v) is 2.34. The van der Waals surface area contributed by atoms with Gasteiger partial charge in [0.15, 0.2) is 0 Å².